The summed E-state index contributed by atoms with van der Waals surface area (Å²) in [4.78, 5) is 11.2. The lowest BCUT2D eigenvalue weighted by Gasteiger charge is -2.33. The first-order valence-corrected chi connectivity index (χ1v) is 8.82. The van der Waals surface area contributed by atoms with Gasteiger partial charge in [0, 0.05) is 12.7 Å². The first-order valence-electron chi connectivity index (χ1n) is 8.82. The second-order valence-electron chi connectivity index (χ2n) is 7.16. The third-order valence-electron chi connectivity index (χ3n) is 5.36. The summed E-state index contributed by atoms with van der Waals surface area (Å²) in [5.74, 6) is 3.54. The van der Waals surface area contributed by atoms with Gasteiger partial charge in [-0.15, -0.1) is 0 Å². The lowest BCUT2D eigenvalue weighted by molar-refractivity contribution is -0.0121. The molecule has 24 heavy (non-hydrogen) atoms. The highest BCUT2D eigenvalue weighted by Gasteiger charge is 2.40. The van der Waals surface area contributed by atoms with Crippen LogP contribution in [0.25, 0.3) is 0 Å². The Kier molecular flexibility index (Phi) is 4.14. The van der Waals surface area contributed by atoms with Crippen molar-refractivity contribution >= 4 is 0 Å². The molecular formula is C19H25N3O2. The lowest BCUT2D eigenvalue weighted by atomic mass is 9.91. The van der Waals surface area contributed by atoms with Gasteiger partial charge in [-0.3, -0.25) is 4.90 Å². The van der Waals surface area contributed by atoms with Crippen LogP contribution in [0.4, 0.5) is 0 Å². The van der Waals surface area contributed by atoms with Crippen LogP contribution in [0.5, 0.6) is 0 Å². The molecule has 5 nitrogen and oxygen atoms in total. The summed E-state index contributed by atoms with van der Waals surface area (Å²) < 4.78 is 12.2. The quantitative estimate of drug-likeness (QED) is 0.865. The van der Waals surface area contributed by atoms with Crippen LogP contribution in [0.3, 0.4) is 0 Å². The van der Waals surface area contributed by atoms with E-state index in [4.69, 9.17) is 9.15 Å². The van der Waals surface area contributed by atoms with Gasteiger partial charge in [0.05, 0.1) is 18.3 Å². The summed E-state index contributed by atoms with van der Waals surface area (Å²) in [6.07, 6.45) is 4.51. The zero-order chi connectivity index (χ0) is 16.7. The summed E-state index contributed by atoms with van der Waals surface area (Å²) >= 11 is 0. The fourth-order valence-electron chi connectivity index (χ4n) is 3.93. The van der Waals surface area contributed by atoms with E-state index in [1.165, 1.54) is 12.0 Å². The van der Waals surface area contributed by atoms with Crippen LogP contribution < -0.4 is 0 Å². The Morgan fingerprint density at radius 3 is 2.92 bits per heavy atom. The van der Waals surface area contributed by atoms with Crippen LogP contribution in [0.15, 0.2) is 22.7 Å². The number of fused-ring (bicyclic) bond motifs is 1. The minimum Gasteiger partial charge on any atom is -0.465 e. The molecule has 2 aromatic heterocycles. The van der Waals surface area contributed by atoms with Gasteiger partial charge >= 0.3 is 0 Å². The number of rotatable bonds is 3. The van der Waals surface area contributed by atoms with Crippen molar-refractivity contribution in [3.63, 3.8) is 0 Å². The smallest absolute Gasteiger partial charge is 0.125 e. The van der Waals surface area contributed by atoms with Gasteiger partial charge in [-0.05, 0) is 63.8 Å². The third kappa shape index (κ3) is 3.10. The maximum atomic E-state index is 6.34. The van der Waals surface area contributed by atoms with Crippen molar-refractivity contribution in [2.75, 3.05) is 13.1 Å². The van der Waals surface area contributed by atoms with E-state index in [0.29, 0.717) is 12.0 Å². The molecule has 0 bridgehead atoms. The van der Waals surface area contributed by atoms with Crippen molar-refractivity contribution in [2.45, 2.75) is 52.4 Å². The standard InChI is InChI=1S/C19H25N3O2/c1-12-8-16(23-13(12)2)10-22-7-5-15-9-18(24-19(15)11-22)17-4-6-20-14(3)21-17/h4,6,8,15,18-19H,5,7,9-11H2,1-3H3/t15-,18+,19+/m1/s1. The lowest BCUT2D eigenvalue weighted by Crippen LogP contribution is -2.41. The van der Waals surface area contributed by atoms with Crippen molar-refractivity contribution in [1.29, 1.82) is 0 Å². The highest BCUT2D eigenvalue weighted by Crippen LogP contribution is 2.40. The number of likely N-dealkylation sites (tertiary alicyclic amines) is 1. The van der Waals surface area contributed by atoms with Gasteiger partial charge in [0.1, 0.15) is 23.4 Å². The fourth-order valence-corrected chi connectivity index (χ4v) is 3.93. The van der Waals surface area contributed by atoms with Crippen LogP contribution in [0.2, 0.25) is 0 Å². The summed E-state index contributed by atoms with van der Waals surface area (Å²) in [7, 11) is 0. The van der Waals surface area contributed by atoms with Gasteiger partial charge in [0.25, 0.3) is 0 Å². The molecule has 0 aliphatic carbocycles. The number of furan rings is 1. The Morgan fingerprint density at radius 1 is 1.29 bits per heavy atom. The minimum atomic E-state index is 0.120. The Labute approximate surface area is 143 Å². The third-order valence-corrected chi connectivity index (χ3v) is 5.36. The van der Waals surface area contributed by atoms with Gasteiger partial charge in [-0.25, -0.2) is 9.97 Å². The minimum absolute atomic E-state index is 0.120. The predicted octanol–water partition coefficient (Wildman–Crippen LogP) is 3.35. The molecule has 2 aliphatic rings. The van der Waals surface area contributed by atoms with E-state index in [1.54, 1.807) is 0 Å². The average Bonchev–Trinajstić information content (AvgIpc) is 3.10. The molecule has 2 aromatic rings. The van der Waals surface area contributed by atoms with Crippen molar-refractivity contribution in [1.82, 2.24) is 14.9 Å². The number of aryl methyl sites for hydroxylation is 3. The number of hydrogen-bond acceptors (Lipinski definition) is 5. The first-order chi connectivity index (χ1) is 11.6. The molecule has 0 radical (unpaired) electrons. The number of piperidine rings is 1. The van der Waals surface area contributed by atoms with Crippen molar-refractivity contribution in [3.05, 3.63) is 46.9 Å². The van der Waals surface area contributed by atoms with Crippen molar-refractivity contribution in [2.24, 2.45) is 5.92 Å². The van der Waals surface area contributed by atoms with E-state index < -0.39 is 0 Å². The normalized spacial score (nSPS) is 27.4. The van der Waals surface area contributed by atoms with E-state index in [2.05, 4.69) is 27.9 Å². The van der Waals surface area contributed by atoms with E-state index in [1.807, 2.05) is 26.1 Å². The van der Waals surface area contributed by atoms with Gasteiger partial charge < -0.3 is 9.15 Å². The largest absolute Gasteiger partial charge is 0.465 e. The molecule has 0 saturated carbocycles. The monoisotopic (exact) mass is 327 g/mol. The summed E-state index contributed by atoms with van der Waals surface area (Å²) in [6.45, 7) is 9.02. The number of hydrogen-bond donors (Lipinski definition) is 0. The van der Waals surface area contributed by atoms with Crippen LogP contribution in [0, 0.1) is 26.7 Å². The van der Waals surface area contributed by atoms with Crippen LogP contribution >= 0.6 is 0 Å². The molecule has 0 unspecified atom stereocenters. The van der Waals surface area contributed by atoms with Crippen molar-refractivity contribution < 1.29 is 9.15 Å². The topological polar surface area (TPSA) is 51.4 Å². The van der Waals surface area contributed by atoms with E-state index in [9.17, 15) is 0 Å². The molecule has 0 N–H and O–H groups in total. The van der Waals surface area contributed by atoms with Gasteiger partial charge in [-0.2, -0.15) is 0 Å². The molecule has 2 aliphatic heterocycles. The molecule has 2 saturated heterocycles. The Balaban J connectivity index is 1.40. The van der Waals surface area contributed by atoms with E-state index >= 15 is 0 Å². The highest BCUT2D eigenvalue weighted by molar-refractivity contribution is 5.18. The molecule has 128 valence electrons. The summed E-state index contributed by atoms with van der Waals surface area (Å²) in [5, 5.41) is 0. The Bertz CT molecular complexity index is 708. The zero-order valence-corrected chi connectivity index (χ0v) is 14.7. The van der Waals surface area contributed by atoms with E-state index in [-0.39, 0.29) is 6.10 Å². The molecule has 4 rings (SSSR count). The predicted molar refractivity (Wildman–Crippen MR) is 90.6 cm³/mol. The van der Waals surface area contributed by atoms with Gasteiger partial charge in [-0.1, -0.05) is 0 Å². The molecule has 0 amide bonds. The molecular weight excluding hydrogens is 302 g/mol. The van der Waals surface area contributed by atoms with Gasteiger partial charge in [0.2, 0.25) is 0 Å². The second kappa shape index (κ2) is 6.30. The molecule has 5 heteroatoms. The zero-order valence-electron chi connectivity index (χ0n) is 14.7. The molecule has 3 atom stereocenters. The Morgan fingerprint density at radius 2 is 2.17 bits per heavy atom. The van der Waals surface area contributed by atoms with Gasteiger partial charge in [0.15, 0.2) is 0 Å². The summed E-state index contributed by atoms with van der Waals surface area (Å²) in [5.41, 5.74) is 2.26. The molecule has 0 aromatic carbocycles. The highest BCUT2D eigenvalue weighted by atomic mass is 16.5. The SMILES string of the molecule is Cc1nccc([C@@H]2C[C@H]3CCN(Cc4cc(C)c(C)o4)C[C@@H]3O2)n1. The first kappa shape index (κ1) is 15.8. The fraction of sp³-hybridized carbons (Fsp3) is 0.579. The maximum Gasteiger partial charge on any atom is 0.125 e. The Hall–Kier alpha value is -1.72. The van der Waals surface area contributed by atoms with Crippen LogP contribution in [-0.4, -0.2) is 34.1 Å². The number of aromatic nitrogens is 2. The van der Waals surface area contributed by atoms with Crippen molar-refractivity contribution in [3.8, 4) is 0 Å². The van der Waals surface area contributed by atoms with E-state index in [0.717, 1.165) is 49.1 Å². The second-order valence-corrected chi connectivity index (χ2v) is 7.16. The summed E-state index contributed by atoms with van der Waals surface area (Å²) in [6, 6.07) is 4.14. The van der Waals surface area contributed by atoms with Crippen LogP contribution in [0.1, 0.15) is 47.5 Å². The molecule has 2 fully saturated rings. The average molecular weight is 327 g/mol. The molecule has 4 heterocycles. The number of ether oxygens (including phenoxy) is 1. The maximum absolute atomic E-state index is 6.34. The number of nitrogens with zero attached hydrogens (tertiary/aromatic N) is 3. The molecule has 0 spiro atoms. The van der Waals surface area contributed by atoms with Crippen LogP contribution in [-0.2, 0) is 11.3 Å².